The van der Waals surface area contributed by atoms with E-state index in [2.05, 4.69) is 47.1 Å². The molecule has 2 aromatic rings. The Bertz CT molecular complexity index is 1050. The monoisotopic (exact) mass is 628 g/mol. The molecule has 0 radical (unpaired) electrons. The van der Waals surface area contributed by atoms with Crippen molar-refractivity contribution in [1.29, 1.82) is 0 Å². The van der Waals surface area contributed by atoms with E-state index in [0.29, 0.717) is 37.7 Å². The molecule has 2 amide bonds. The first-order valence-corrected chi connectivity index (χ1v) is 13.5. The number of hydrogen-bond acceptors (Lipinski definition) is 5. The highest BCUT2D eigenvalue weighted by atomic mass is 127. The van der Waals surface area contributed by atoms with Gasteiger partial charge in [0.05, 0.1) is 25.2 Å². The van der Waals surface area contributed by atoms with Gasteiger partial charge in [-0.15, -0.1) is 0 Å². The highest BCUT2D eigenvalue weighted by Crippen LogP contribution is 2.13. The standard InChI is InChI=1S/C27H35F2IN4O3/c1-18(2)15-34-7-6-33(17-27(34)37)16-26(36)32-24(11-20-8-21(28)12-22(29)9-20)25(35)14-31-13-19-4-3-5-23(30)10-19/h3-5,8-10,12,18,24-25,31,35H,6-7,11,13-17H2,1-2H3,(H,32,36)/t24-,25+/m0/s1. The third-order valence-corrected chi connectivity index (χ3v) is 6.78. The summed E-state index contributed by atoms with van der Waals surface area (Å²) in [5.41, 5.74) is 1.38. The van der Waals surface area contributed by atoms with Crippen molar-refractivity contribution in [2.45, 2.75) is 39.0 Å². The predicted molar refractivity (Wildman–Crippen MR) is 147 cm³/mol. The van der Waals surface area contributed by atoms with Crippen LogP contribution in [0.4, 0.5) is 8.78 Å². The topological polar surface area (TPSA) is 84.9 Å². The Morgan fingerprint density at radius 3 is 2.49 bits per heavy atom. The van der Waals surface area contributed by atoms with Crippen LogP contribution in [0.3, 0.4) is 0 Å². The van der Waals surface area contributed by atoms with Gasteiger partial charge in [0.15, 0.2) is 0 Å². The fourth-order valence-electron chi connectivity index (χ4n) is 4.40. The van der Waals surface area contributed by atoms with Gasteiger partial charge >= 0.3 is 0 Å². The number of carbonyl (C=O) groups is 2. The molecule has 1 aliphatic heterocycles. The number of aliphatic hydroxyl groups is 1. The summed E-state index contributed by atoms with van der Waals surface area (Å²) in [7, 11) is 0. The predicted octanol–water partition coefficient (Wildman–Crippen LogP) is 2.55. The number of amides is 2. The summed E-state index contributed by atoms with van der Waals surface area (Å²) < 4.78 is 28.6. The summed E-state index contributed by atoms with van der Waals surface area (Å²) in [6, 6.07) is 10.3. The third-order valence-electron chi connectivity index (χ3n) is 6.11. The van der Waals surface area contributed by atoms with E-state index in [-0.39, 0.29) is 37.9 Å². The van der Waals surface area contributed by atoms with Crippen molar-refractivity contribution in [3.8, 4) is 0 Å². The Morgan fingerprint density at radius 2 is 1.84 bits per heavy atom. The smallest absolute Gasteiger partial charge is 0.236 e. The van der Waals surface area contributed by atoms with Crippen LogP contribution in [0.5, 0.6) is 0 Å². The van der Waals surface area contributed by atoms with E-state index < -0.39 is 23.8 Å². The highest BCUT2D eigenvalue weighted by Gasteiger charge is 2.27. The molecule has 0 saturated carbocycles. The molecule has 3 rings (SSSR count). The minimum atomic E-state index is -1.01. The van der Waals surface area contributed by atoms with Gasteiger partial charge in [0, 0.05) is 42.4 Å². The molecular formula is C27H35F2IN4O3. The van der Waals surface area contributed by atoms with E-state index in [1.54, 1.807) is 4.90 Å². The fourth-order valence-corrected chi connectivity index (χ4v) is 5.01. The zero-order valence-corrected chi connectivity index (χ0v) is 23.4. The summed E-state index contributed by atoms with van der Waals surface area (Å²) in [6.07, 6.45) is -0.962. The lowest BCUT2D eigenvalue weighted by atomic mass is 10.0. The second kappa shape index (κ2) is 14.1. The first-order valence-electron chi connectivity index (χ1n) is 12.5. The van der Waals surface area contributed by atoms with Crippen LogP contribution >= 0.6 is 22.6 Å². The molecule has 2 aromatic carbocycles. The number of rotatable bonds is 12. The van der Waals surface area contributed by atoms with Gasteiger partial charge in [0.1, 0.15) is 11.6 Å². The molecule has 1 fully saturated rings. The third kappa shape index (κ3) is 9.91. The average Bonchev–Trinajstić information content (AvgIpc) is 2.79. The van der Waals surface area contributed by atoms with Crippen LogP contribution in [0, 0.1) is 21.1 Å². The summed E-state index contributed by atoms with van der Waals surface area (Å²) in [6.45, 7) is 6.76. The lowest BCUT2D eigenvalue weighted by Crippen LogP contribution is -2.55. The second-order valence-corrected chi connectivity index (χ2v) is 11.2. The Morgan fingerprint density at radius 1 is 1.11 bits per heavy atom. The van der Waals surface area contributed by atoms with E-state index in [9.17, 15) is 23.5 Å². The second-order valence-electron chi connectivity index (χ2n) is 9.93. The Kier molecular flexibility index (Phi) is 11.2. The van der Waals surface area contributed by atoms with Gasteiger partial charge in [-0.05, 0) is 70.3 Å². The fraction of sp³-hybridized carbons (Fsp3) is 0.481. The molecule has 1 aliphatic rings. The van der Waals surface area contributed by atoms with Gasteiger partial charge in [-0.3, -0.25) is 14.5 Å². The molecule has 0 aliphatic carbocycles. The van der Waals surface area contributed by atoms with Gasteiger partial charge in [0.25, 0.3) is 0 Å². The lowest BCUT2D eigenvalue weighted by Gasteiger charge is -2.35. The van der Waals surface area contributed by atoms with Crippen LogP contribution in [0.15, 0.2) is 42.5 Å². The number of benzene rings is 2. The Labute approximate surface area is 230 Å². The maximum atomic E-state index is 13.8. The van der Waals surface area contributed by atoms with Gasteiger partial charge in [-0.2, -0.15) is 0 Å². The van der Waals surface area contributed by atoms with Crippen molar-refractivity contribution in [3.63, 3.8) is 0 Å². The Hall–Kier alpha value is -2.15. The van der Waals surface area contributed by atoms with Crippen molar-refractivity contribution >= 4 is 34.4 Å². The molecule has 7 nitrogen and oxygen atoms in total. The number of nitrogens with zero attached hydrogens (tertiary/aromatic N) is 2. The van der Waals surface area contributed by atoms with E-state index in [1.807, 2.05) is 29.2 Å². The minimum absolute atomic E-state index is 0.00211. The lowest BCUT2D eigenvalue weighted by molar-refractivity contribution is -0.137. The summed E-state index contributed by atoms with van der Waals surface area (Å²) >= 11 is 2.23. The summed E-state index contributed by atoms with van der Waals surface area (Å²) in [5.74, 6) is -1.44. The van der Waals surface area contributed by atoms with Crippen LogP contribution in [0.25, 0.3) is 0 Å². The number of halogens is 3. The van der Waals surface area contributed by atoms with Gasteiger partial charge in [-0.1, -0.05) is 26.0 Å². The van der Waals surface area contributed by atoms with Crippen LogP contribution in [-0.2, 0) is 22.6 Å². The zero-order chi connectivity index (χ0) is 26.9. The van der Waals surface area contributed by atoms with E-state index in [4.69, 9.17) is 0 Å². The van der Waals surface area contributed by atoms with Crippen LogP contribution < -0.4 is 10.6 Å². The maximum Gasteiger partial charge on any atom is 0.236 e. The largest absolute Gasteiger partial charge is 0.390 e. The molecule has 202 valence electrons. The highest BCUT2D eigenvalue weighted by molar-refractivity contribution is 14.1. The van der Waals surface area contributed by atoms with E-state index in [1.165, 1.54) is 12.1 Å². The molecule has 2 atom stereocenters. The van der Waals surface area contributed by atoms with Crippen molar-refractivity contribution in [1.82, 2.24) is 20.4 Å². The van der Waals surface area contributed by atoms with Crippen LogP contribution in [0.1, 0.15) is 25.0 Å². The first kappa shape index (κ1) is 29.4. The summed E-state index contributed by atoms with van der Waals surface area (Å²) in [5, 5.41) is 16.9. The minimum Gasteiger partial charge on any atom is -0.390 e. The Balaban J connectivity index is 1.60. The van der Waals surface area contributed by atoms with Gasteiger partial charge < -0.3 is 20.6 Å². The van der Waals surface area contributed by atoms with Crippen molar-refractivity contribution in [2.75, 3.05) is 39.3 Å². The molecule has 37 heavy (non-hydrogen) atoms. The average molecular weight is 629 g/mol. The van der Waals surface area contributed by atoms with Gasteiger partial charge in [0.2, 0.25) is 11.8 Å². The van der Waals surface area contributed by atoms with Gasteiger partial charge in [-0.25, -0.2) is 8.78 Å². The number of hydrogen-bond donors (Lipinski definition) is 3. The molecule has 3 N–H and O–H groups in total. The van der Waals surface area contributed by atoms with Crippen LogP contribution in [0.2, 0.25) is 0 Å². The maximum absolute atomic E-state index is 13.8. The SMILES string of the molecule is CC(C)CN1CCN(CC(=O)N[C@@H](Cc2cc(F)cc(F)c2)[C@H](O)CNCc2cccc(I)c2)CC1=O. The number of nitrogens with one attached hydrogen (secondary N) is 2. The molecule has 0 unspecified atom stereocenters. The zero-order valence-electron chi connectivity index (χ0n) is 21.2. The number of piperazine rings is 1. The number of aliphatic hydroxyl groups excluding tert-OH is 1. The summed E-state index contributed by atoms with van der Waals surface area (Å²) in [4.78, 5) is 28.9. The normalized spacial score (nSPS) is 16.2. The van der Waals surface area contributed by atoms with E-state index >= 15 is 0 Å². The molecule has 0 spiro atoms. The molecule has 10 heteroatoms. The molecule has 0 bridgehead atoms. The quantitative estimate of drug-likeness (QED) is 0.315. The molecule has 1 saturated heterocycles. The number of carbonyl (C=O) groups excluding carboxylic acids is 2. The first-order chi connectivity index (χ1) is 17.6. The van der Waals surface area contributed by atoms with Crippen molar-refractivity contribution in [2.24, 2.45) is 5.92 Å². The molecule has 0 aromatic heterocycles. The molecule has 1 heterocycles. The van der Waals surface area contributed by atoms with Crippen molar-refractivity contribution < 1.29 is 23.5 Å². The molecular weight excluding hydrogens is 593 g/mol. The van der Waals surface area contributed by atoms with Crippen LogP contribution in [-0.4, -0.2) is 78.1 Å². The van der Waals surface area contributed by atoms with E-state index in [0.717, 1.165) is 15.2 Å². The van der Waals surface area contributed by atoms with Crippen molar-refractivity contribution in [3.05, 3.63) is 68.8 Å².